The molecule has 0 aromatic heterocycles. The number of ether oxygens (including phenoxy) is 1. The topological polar surface area (TPSA) is 49.8 Å². The van der Waals surface area contributed by atoms with E-state index in [0.717, 1.165) is 0 Å². The van der Waals surface area contributed by atoms with Gasteiger partial charge in [-0.25, -0.2) is 0 Å². The molecule has 0 amide bonds. The largest absolute Gasteiger partial charge is 0.496 e. The lowest BCUT2D eigenvalue weighted by atomic mass is 9.96. The number of alkyl halides is 3. The summed E-state index contributed by atoms with van der Waals surface area (Å²) >= 11 is 5.84. The summed E-state index contributed by atoms with van der Waals surface area (Å²) in [7, 11) is 1.44. The van der Waals surface area contributed by atoms with Crippen molar-refractivity contribution in [3.05, 3.63) is 28.8 Å². The predicted octanol–water partition coefficient (Wildman–Crippen LogP) is 3.04. The van der Waals surface area contributed by atoms with Gasteiger partial charge in [-0.2, -0.15) is 13.2 Å². The van der Waals surface area contributed by atoms with Crippen molar-refractivity contribution in [1.29, 1.82) is 0 Å². The maximum atomic E-state index is 12.9. The Morgan fingerprint density at radius 3 is 2.64 bits per heavy atom. The fourth-order valence-corrected chi connectivity index (χ4v) is 2.85. The zero-order valence-electron chi connectivity index (χ0n) is 11.7. The van der Waals surface area contributed by atoms with Gasteiger partial charge in [0.15, 0.2) is 0 Å². The summed E-state index contributed by atoms with van der Waals surface area (Å²) in [6.45, 7) is -0.311. The second kappa shape index (κ2) is 6.34. The zero-order valence-corrected chi connectivity index (χ0v) is 12.5. The molecule has 1 aliphatic rings. The molecule has 1 aromatic rings. The fourth-order valence-electron chi connectivity index (χ4n) is 2.69. The second-order valence-electron chi connectivity index (χ2n) is 5.24. The summed E-state index contributed by atoms with van der Waals surface area (Å²) in [5.74, 6) is -4.26. The summed E-state index contributed by atoms with van der Waals surface area (Å²) < 4.78 is 44.0. The number of rotatable bonds is 4. The molecule has 0 aliphatic carbocycles. The maximum Gasteiger partial charge on any atom is 0.393 e. The number of aliphatic carboxylic acids is 1. The number of carbonyl (C=O) groups is 1. The molecule has 1 heterocycles. The van der Waals surface area contributed by atoms with Crippen LogP contribution in [0.5, 0.6) is 5.75 Å². The molecule has 0 unspecified atom stereocenters. The van der Waals surface area contributed by atoms with E-state index < -0.39 is 24.0 Å². The first-order valence-corrected chi connectivity index (χ1v) is 6.94. The van der Waals surface area contributed by atoms with Crippen LogP contribution >= 0.6 is 11.6 Å². The normalized spacial score (nSPS) is 22.8. The van der Waals surface area contributed by atoms with Gasteiger partial charge in [-0.1, -0.05) is 17.7 Å². The number of benzene rings is 1. The molecule has 22 heavy (non-hydrogen) atoms. The van der Waals surface area contributed by atoms with Crippen LogP contribution in [0.15, 0.2) is 18.2 Å². The SMILES string of the molecule is COc1cc(Cl)ccc1CN1C[C@@H](C(F)(F)F)[C@H](C(=O)O)C1. The van der Waals surface area contributed by atoms with Crippen molar-refractivity contribution in [3.8, 4) is 5.75 Å². The van der Waals surface area contributed by atoms with Gasteiger partial charge in [0.2, 0.25) is 0 Å². The van der Waals surface area contributed by atoms with Crippen molar-refractivity contribution in [2.24, 2.45) is 11.8 Å². The standard InChI is InChI=1S/C14H15ClF3NO3/c1-22-12-4-9(15)3-2-8(12)5-19-6-10(13(20)21)11(7-19)14(16,17)18/h2-4,10-11H,5-7H2,1H3,(H,20,21)/t10-,11-/m1/s1. The van der Waals surface area contributed by atoms with Crippen LogP contribution in [0.2, 0.25) is 5.02 Å². The molecule has 1 N–H and O–H groups in total. The minimum Gasteiger partial charge on any atom is -0.496 e. The first-order valence-electron chi connectivity index (χ1n) is 6.56. The molecule has 1 aromatic carbocycles. The van der Waals surface area contributed by atoms with Crippen LogP contribution in [-0.2, 0) is 11.3 Å². The van der Waals surface area contributed by atoms with Crippen molar-refractivity contribution in [3.63, 3.8) is 0 Å². The van der Waals surface area contributed by atoms with E-state index in [9.17, 15) is 18.0 Å². The first kappa shape index (κ1) is 16.9. The van der Waals surface area contributed by atoms with E-state index in [1.165, 1.54) is 12.0 Å². The molecule has 1 saturated heterocycles. The molecule has 2 atom stereocenters. The van der Waals surface area contributed by atoms with Crippen molar-refractivity contribution >= 4 is 17.6 Å². The molecule has 0 saturated carbocycles. The Kier molecular flexibility index (Phi) is 4.87. The van der Waals surface area contributed by atoms with E-state index in [4.69, 9.17) is 21.4 Å². The van der Waals surface area contributed by atoms with Gasteiger partial charge in [-0.3, -0.25) is 9.69 Å². The highest BCUT2D eigenvalue weighted by molar-refractivity contribution is 6.30. The molecule has 1 aliphatic heterocycles. The molecule has 0 spiro atoms. The Bertz CT molecular complexity index is 565. The van der Waals surface area contributed by atoms with Crippen LogP contribution in [0.25, 0.3) is 0 Å². The average Bonchev–Trinajstić information content (AvgIpc) is 2.85. The molecule has 0 radical (unpaired) electrons. The molecule has 0 bridgehead atoms. The average molecular weight is 338 g/mol. The highest BCUT2D eigenvalue weighted by Gasteiger charge is 2.52. The summed E-state index contributed by atoms with van der Waals surface area (Å²) in [6, 6.07) is 4.85. The minimum atomic E-state index is -4.53. The van der Waals surface area contributed by atoms with Gasteiger partial charge < -0.3 is 9.84 Å². The van der Waals surface area contributed by atoms with Crippen LogP contribution in [0.1, 0.15) is 5.56 Å². The Labute approximate surface area is 130 Å². The lowest BCUT2D eigenvalue weighted by Crippen LogP contribution is -2.33. The number of hydrogen-bond donors (Lipinski definition) is 1. The van der Waals surface area contributed by atoms with E-state index in [0.29, 0.717) is 16.3 Å². The third kappa shape index (κ3) is 3.64. The third-order valence-electron chi connectivity index (χ3n) is 3.78. The van der Waals surface area contributed by atoms with Gasteiger partial charge in [0.25, 0.3) is 0 Å². The smallest absolute Gasteiger partial charge is 0.393 e. The Balaban J connectivity index is 2.17. The van der Waals surface area contributed by atoms with Crippen molar-refractivity contribution in [1.82, 2.24) is 4.90 Å². The maximum absolute atomic E-state index is 12.9. The molecule has 4 nitrogen and oxygen atoms in total. The minimum absolute atomic E-state index is 0.148. The monoisotopic (exact) mass is 337 g/mol. The summed E-state index contributed by atoms with van der Waals surface area (Å²) in [4.78, 5) is 12.5. The number of carboxylic acids is 1. The number of halogens is 4. The number of methoxy groups -OCH3 is 1. The fraction of sp³-hybridized carbons (Fsp3) is 0.500. The van der Waals surface area contributed by atoms with Crippen LogP contribution < -0.4 is 4.74 Å². The number of carboxylic acid groups (broad SMARTS) is 1. The van der Waals surface area contributed by atoms with Gasteiger partial charge in [0.1, 0.15) is 5.75 Å². The second-order valence-corrected chi connectivity index (χ2v) is 5.68. The lowest BCUT2D eigenvalue weighted by molar-refractivity contribution is -0.188. The van der Waals surface area contributed by atoms with Gasteiger partial charge >= 0.3 is 12.1 Å². The zero-order chi connectivity index (χ0) is 16.5. The molecule has 122 valence electrons. The van der Waals surface area contributed by atoms with Crippen molar-refractivity contribution in [2.45, 2.75) is 12.7 Å². The van der Waals surface area contributed by atoms with Crippen molar-refractivity contribution < 1.29 is 27.8 Å². The van der Waals surface area contributed by atoms with E-state index in [1.807, 2.05) is 0 Å². The lowest BCUT2D eigenvalue weighted by Gasteiger charge is -2.19. The van der Waals surface area contributed by atoms with Crippen LogP contribution in [0.4, 0.5) is 13.2 Å². The predicted molar refractivity (Wildman–Crippen MR) is 74.0 cm³/mol. The Hall–Kier alpha value is -1.47. The van der Waals surface area contributed by atoms with E-state index >= 15 is 0 Å². The van der Waals surface area contributed by atoms with Gasteiger partial charge in [-0.05, 0) is 12.1 Å². The Morgan fingerprint density at radius 2 is 2.14 bits per heavy atom. The Morgan fingerprint density at radius 1 is 1.45 bits per heavy atom. The highest BCUT2D eigenvalue weighted by Crippen LogP contribution is 2.38. The van der Waals surface area contributed by atoms with Gasteiger partial charge in [0.05, 0.1) is 18.9 Å². The van der Waals surface area contributed by atoms with Crippen LogP contribution in [0, 0.1) is 11.8 Å². The van der Waals surface area contributed by atoms with Gasteiger partial charge in [0, 0.05) is 30.2 Å². The molecular weight excluding hydrogens is 323 g/mol. The number of hydrogen-bond acceptors (Lipinski definition) is 3. The first-order chi connectivity index (χ1) is 10.2. The van der Waals surface area contributed by atoms with Gasteiger partial charge in [-0.15, -0.1) is 0 Å². The van der Waals surface area contributed by atoms with E-state index in [1.54, 1.807) is 18.2 Å². The molecule has 8 heteroatoms. The molecular formula is C14H15ClF3NO3. The third-order valence-corrected chi connectivity index (χ3v) is 4.01. The number of likely N-dealkylation sites (tertiary alicyclic amines) is 1. The van der Waals surface area contributed by atoms with Crippen LogP contribution in [0.3, 0.4) is 0 Å². The van der Waals surface area contributed by atoms with Crippen molar-refractivity contribution in [2.75, 3.05) is 20.2 Å². The highest BCUT2D eigenvalue weighted by atomic mass is 35.5. The van der Waals surface area contributed by atoms with Crippen LogP contribution in [-0.4, -0.2) is 42.4 Å². The number of nitrogens with zero attached hydrogens (tertiary/aromatic N) is 1. The summed E-state index contributed by atoms with van der Waals surface area (Å²) in [6.07, 6.45) is -4.53. The quantitative estimate of drug-likeness (QED) is 0.917. The molecule has 2 rings (SSSR count). The molecule has 1 fully saturated rings. The summed E-state index contributed by atoms with van der Waals surface area (Å²) in [5.41, 5.74) is 0.666. The van der Waals surface area contributed by atoms with E-state index in [2.05, 4.69) is 0 Å². The summed E-state index contributed by atoms with van der Waals surface area (Å²) in [5, 5.41) is 9.46. The van der Waals surface area contributed by atoms with E-state index in [-0.39, 0.29) is 19.6 Å².